The van der Waals surface area contributed by atoms with E-state index in [2.05, 4.69) is 33.6 Å². The quantitative estimate of drug-likeness (QED) is 0.700. The van der Waals surface area contributed by atoms with Crippen LogP contribution in [0.5, 0.6) is 0 Å². The summed E-state index contributed by atoms with van der Waals surface area (Å²) in [5.41, 5.74) is 0. The second-order valence-electron chi connectivity index (χ2n) is 5.47. The van der Waals surface area contributed by atoms with E-state index in [1.165, 1.54) is 26.4 Å². The molecule has 0 saturated heterocycles. The minimum Gasteiger partial charge on any atom is -0.463 e. The average Bonchev–Trinajstić information content (AvgIpc) is 3.13. The van der Waals surface area contributed by atoms with Crippen molar-refractivity contribution in [2.75, 3.05) is 13.7 Å². The number of carbonyl (C=O) groups excluding carboxylic acids is 1. The number of methoxy groups -OCH3 is 1. The summed E-state index contributed by atoms with van der Waals surface area (Å²) >= 11 is 0. The van der Waals surface area contributed by atoms with E-state index in [0.717, 1.165) is 6.54 Å². The van der Waals surface area contributed by atoms with Crippen LogP contribution in [0.1, 0.15) is 43.7 Å². The van der Waals surface area contributed by atoms with Crippen molar-refractivity contribution >= 4 is 5.97 Å². The highest BCUT2D eigenvalue weighted by atomic mass is 16.5. The molecular weight excluding hydrogens is 244 g/mol. The van der Waals surface area contributed by atoms with E-state index in [-0.39, 0.29) is 5.82 Å². The fraction of sp³-hybridized carbons (Fsp3) is 0.769. The number of rotatable bonds is 7. The molecule has 1 aliphatic rings. The highest BCUT2D eigenvalue weighted by molar-refractivity contribution is 5.84. The van der Waals surface area contributed by atoms with Gasteiger partial charge in [0.25, 0.3) is 5.82 Å². The van der Waals surface area contributed by atoms with Gasteiger partial charge in [-0.3, -0.25) is 4.90 Å². The lowest BCUT2D eigenvalue weighted by Gasteiger charge is -2.22. The Labute approximate surface area is 113 Å². The summed E-state index contributed by atoms with van der Waals surface area (Å²) in [6.45, 7) is 6.23. The molecule has 0 aliphatic heterocycles. The summed E-state index contributed by atoms with van der Waals surface area (Å²) in [7, 11) is 1.34. The molecule has 0 N–H and O–H groups in total. The molecule has 0 radical (unpaired) electrons. The lowest BCUT2D eigenvalue weighted by molar-refractivity contribution is 0.0585. The molecule has 0 atom stereocenters. The minimum atomic E-state index is -0.487. The van der Waals surface area contributed by atoms with E-state index in [1.54, 1.807) is 11.0 Å². The van der Waals surface area contributed by atoms with Crippen LogP contribution < -0.4 is 0 Å². The van der Waals surface area contributed by atoms with Crippen molar-refractivity contribution in [3.63, 3.8) is 0 Å². The van der Waals surface area contributed by atoms with Gasteiger partial charge in [-0.2, -0.15) is 0 Å². The smallest absolute Gasteiger partial charge is 0.377 e. The maximum Gasteiger partial charge on any atom is 0.377 e. The van der Waals surface area contributed by atoms with Crippen LogP contribution in [-0.2, 0) is 11.4 Å². The van der Waals surface area contributed by atoms with Crippen LogP contribution >= 0.6 is 0 Å². The van der Waals surface area contributed by atoms with E-state index in [9.17, 15) is 4.79 Å². The molecule has 0 bridgehead atoms. The molecular formula is C13H22N4O2. The van der Waals surface area contributed by atoms with E-state index in [1.807, 2.05) is 0 Å². The Hall–Kier alpha value is -1.43. The Bertz CT molecular complexity index is 426. The first-order valence-corrected chi connectivity index (χ1v) is 6.82. The van der Waals surface area contributed by atoms with E-state index in [0.29, 0.717) is 18.6 Å². The SMILES string of the molecule is COC(=O)c1ncn(CN(CCC(C)C)C2CC2)n1. The third-order valence-corrected chi connectivity index (χ3v) is 3.29. The van der Waals surface area contributed by atoms with Crippen LogP contribution in [0, 0.1) is 5.92 Å². The van der Waals surface area contributed by atoms with Gasteiger partial charge in [-0.1, -0.05) is 13.8 Å². The molecule has 1 aromatic heterocycles. The Balaban J connectivity index is 1.93. The van der Waals surface area contributed by atoms with Gasteiger partial charge in [-0.05, 0) is 25.2 Å². The number of hydrogen-bond donors (Lipinski definition) is 0. The number of ether oxygens (including phenoxy) is 1. The lowest BCUT2D eigenvalue weighted by Crippen LogP contribution is -2.30. The zero-order chi connectivity index (χ0) is 13.8. The Kier molecular flexibility index (Phi) is 4.52. The van der Waals surface area contributed by atoms with Crippen molar-refractivity contribution in [2.45, 2.75) is 45.8 Å². The van der Waals surface area contributed by atoms with Crippen LogP contribution in [0.15, 0.2) is 6.33 Å². The van der Waals surface area contributed by atoms with Crippen LogP contribution in [0.2, 0.25) is 0 Å². The first-order valence-electron chi connectivity index (χ1n) is 6.82. The largest absolute Gasteiger partial charge is 0.463 e. The second kappa shape index (κ2) is 6.14. The van der Waals surface area contributed by atoms with Crippen molar-refractivity contribution in [2.24, 2.45) is 5.92 Å². The van der Waals surface area contributed by atoms with Gasteiger partial charge in [-0.15, -0.1) is 5.10 Å². The summed E-state index contributed by atoms with van der Waals surface area (Å²) in [6, 6.07) is 0.671. The first kappa shape index (κ1) is 14.0. The normalized spacial score (nSPS) is 15.2. The van der Waals surface area contributed by atoms with Crippen molar-refractivity contribution in [3.05, 3.63) is 12.2 Å². The highest BCUT2D eigenvalue weighted by Gasteiger charge is 2.29. The molecule has 1 aliphatic carbocycles. The van der Waals surface area contributed by atoms with Gasteiger partial charge in [0.1, 0.15) is 6.33 Å². The summed E-state index contributed by atoms with van der Waals surface area (Å²) in [5.74, 6) is 0.337. The summed E-state index contributed by atoms with van der Waals surface area (Å²) < 4.78 is 6.32. The molecule has 6 heteroatoms. The van der Waals surface area contributed by atoms with Gasteiger partial charge in [0.2, 0.25) is 0 Å². The van der Waals surface area contributed by atoms with Crippen LogP contribution in [-0.4, -0.2) is 45.3 Å². The van der Waals surface area contributed by atoms with Gasteiger partial charge in [0.05, 0.1) is 13.8 Å². The second-order valence-corrected chi connectivity index (χ2v) is 5.47. The number of esters is 1. The van der Waals surface area contributed by atoms with Crippen LogP contribution in [0.4, 0.5) is 0 Å². The Morgan fingerprint density at radius 1 is 1.58 bits per heavy atom. The molecule has 106 valence electrons. The molecule has 0 amide bonds. The molecule has 2 rings (SSSR count). The van der Waals surface area contributed by atoms with Crippen molar-refractivity contribution < 1.29 is 9.53 Å². The third-order valence-electron chi connectivity index (χ3n) is 3.29. The fourth-order valence-electron chi connectivity index (χ4n) is 1.97. The van der Waals surface area contributed by atoms with Gasteiger partial charge < -0.3 is 4.74 Å². The molecule has 0 aromatic carbocycles. The number of nitrogens with zero attached hydrogens (tertiary/aromatic N) is 4. The maximum atomic E-state index is 11.3. The summed E-state index contributed by atoms with van der Waals surface area (Å²) in [4.78, 5) is 17.7. The van der Waals surface area contributed by atoms with Gasteiger partial charge >= 0.3 is 5.97 Å². The zero-order valence-corrected chi connectivity index (χ0v) is 11.9. The van der Waals surface area contributed by atoms with E-state index in [4.69, 9.17) is 0 Å². The maximum absolute atomic E-state index is 11.3. The standard InChI is InChI=1S/C13H22N4O2/c1-10(2)6-7-16(11-4-5-11)9-17-8-14-12(15-17)13(18)19-3/h8,10-11H,4-7,9H2,1-3H3. The lowest BCUT2D eigenvalue weighted by atomic mass is 10.1. The van der Waals surface area contributed by atoms with Crippen LogP contribution in [0.3, 0.4) is 0 Å². The third kappa shape index (κ3) is 4.02. The minimum absolute atomic E-state index is 0.127. The number of carbonyl (C=O) groups is 1. The van der Waals surface area contributed by atoms with Gasteiger partial charge in [-0.25, -0.2) is 14.5 Å². The van der Waals surface area contributed by atoms with Gasteiger partial charge in [0, 0.05) is 12.6 Å². The number of aromatic nitrogens is 3. The zero-order valence-electron chi connectivity index (χ0n) is 11.9. The predicted octanol–water partition coefficient (Wildman–Crippen LogP) is 1.53. The molecule has 6 nitrogen and oxygen atoms in total. The van der Waals surface area contributed by atoms with Gasteiger partial charge in [0.15, 0.2) is 0 Å². The number of hydrogen-bond acceptors (Lipinski definition) is 5. The van der Waals surface area contributed by atoms with Crippen molar-refractivity contribution in [3.8, 4) is 0 Å². The van der Waals surface area contributed by atoms with Crippen LogP contribution in [0.25, 0.3) is 0 Å². The Morgan fingerprint density at radius 3 is 2.89 bits per heavy atom. The van der Waals surface area contributed by atoms with E-state index >= 15 is 0 Å². The Morgan fingerprint density at radius 2 is 2.32 bits per heavy atom. The molecule has 1 heterocycles. The molecule has 1 saturated carbocycles. The first-order chi connectivity index (χ1) is 9.10. The predicted molar refractivity (Wildman–Crippen MR) is 70.5 cm³/mol. The summed E-state index contributed by atoms with van der Waals surface area (Å²) in [6.07, 6.45) is 5.29. The van der Waals surface area contributed by atoms with E-state index < -0.39 is 5.97 Å². The average molecular weight is 266 g/mol. The summed E-state index contributed by atoms with van der Waals surface area (Å²) in [5, 5.41) is 4.15. The molecule has 0 spiro atoms. The monoisotopic (exact) mass is 266 g/mol. The molecule has 0 unspecified atom stereocenters. The van der Waals surface area contributed by atoms with Crippen molar-refractivity contribution in [1.29, 1.82) is 0 Å². The fourth-order valence-corrected chi connectivity index (χ4v) is 1.97. The topological polar surface area (TPSA) is 60.2 Å². The van der Waals surface area contributed by atoms with Crippen molar-refractivity contribution in [1.82, 2.24) is 19.7 Å². The molecule has 19 heavy (non-hydrogen) atoms. The molecule has 1 aromatic rings. The molecule has 1 fully saturated rings. The highest BCUT2D eigenvalue weighted by Crippen LogP contribution is 2.27.